The summed E-state index contributed by atoms with van der Waals surface area (Å²) in [4.78, 5) is 47.8. The molecule has 2 aromatic carbocycles. The van der Waals surface area contributed by atoms with Crippen molar-refractivity contribution in [3.05, 3.63) is 99.0 Å². The predicted octanol–water partition coefficient (Wildman–Crippen LogP) is 3.14. The Balaban J connectivity index is 1.70. The molecule has 0 saturated heterocycles. The van der Waals surface area contributed by atoms with Crippen molar-refractivity contribution in [2.45, 2.75) is 38.5 Å². The molecule has 0 aliphatic carbocycles. The molecule has 44 heavy (non-hydrogen) atoms. The highest BCUT2D eigenvalue weighted by atomic mass is 19.1. The molecule has 2 amide bonds. The number of hydrogen-bond donors (Lipinski definition) is 2. The Morgan fingerprint density at radius 1 is 1.18 bits per heavy atom. The fourth-order valence-electron chi connectivity index (χ4n) is 4.74. The number of carbonyl (C=O) groups excluding carboxylic acids is 2. The third kappa shape index (κ3) is 7.78. The van der Waals surface area contributed by atoms with Crippen LogP contribution in [0.5, 0.6) is 5.75 Å². The Morgan fingerprint density at radius 3 is 2.66 bits per heavy atom. The molecule has 0 saturated carbocycles. The van der Waals surface area contributed by atoms with Crippen molar-refractivity contribution in [1.29, 1.82) is 0 Å². The molecule has 0 fully saturated rings. The third-order valence-corrected chi connectivity index (χ3v) is 7.12. The largest absolute Gasteiger partial charge is 0.483 e. The Morgan fingerprint density at radius 2 is 1.95 bits per heavy atom. The van der Waals surface area contributed by atoms with Crippen LogP contribution in [0.15, 0.2) is 64.7 Å². The van der Waals surface area contributed by atoms with E-state index in [-0.39, 0.29) is 61.9 Å². The summed E-state index contributed by atoms with van der Waals surface area (Å²) < 4.78 is 39.9. The van der Waals surface area contributed by atoms with Crippen LogP contribution in [0, 0.1) is 11.6 Å². The zero-order valence-electron chi connectivity index (χ0n) is 24.4. The lowest BCUT2D eigenvalue weighted by atomic mass is 10.1. The van der Waals surface area contributed by atoms with Gasteiger partial charge in [0.1, 0.15) is 30.4 Å². The number of amides is 2. The number of methoxy groups -OCH3 is 1. The lowest BCUT2D eigenvalue weighted by molar-refractivity contribution is 0.0442. The molecule has 1 aliphatic rings. The summed E-state index contributed by atoms with van der Waals surface area (Å²) in [5, 5.41) is 16.6. The Kier molecular flexibility index (Phi) is 11.0. The first-order valence-electron chi connectivity index (χ1n) is 14.0. The summed E-state index contributed by atoms with van der Waals surface area (Å²) in [5.74, 6) is -3.04. The minimum atomic E-state index is -0.849. The normalized spacial score (nSPS) is 16.7. The first-order chi connectivity index (χ1) is 21.2. The molecular weight excluding hydrogens is 578 g/mol. The molecule has 0 bridgehead atoms. The zero-order valence-corrected chi connectivity index (χ0v) is 24.4. The topological polar surface area (TPSA) is 132 Å². The van der Waals surface area contributed by atoms with Crippen molar-refractivity contribution in [2.24, 2.45) is 12.2 Å². The lowest BCUT2D eigenvalue weighted by Gasteiger charge is -2.32. The van der Waals surface area contributed by atoms with E-state index in [1.165, 1.54) is 35.9 Å². The molecule has 0 spiro atoms. The second-order valence-electron chi connectivity index (χ2n) is 10.1. The number of aryl methyl sites for hydroxylation is 1. The number of benzene rings is 2. The van der Waals surface area contributed by atoms with E-state index in [1.54, 1.807) is 24.3 Å². The number of aliphatic hydroxyl groups excluding tert-OH is 1. The quantitative estimate of drug-likeness (QED) is 0.400. The SMILES string of the molecule is CO/C1=N/OCC[C@H](CO)N(C(=O)c2c(OCc3ccccc3)c(=O)c(C(=O)NCc3ccc(F)cc3F)cn2C)CCC1. The highest BCUT2D eigenvalue weighted by Gasteiger charge is 2.31. The number of aromatic nitrogens is 1. The first-order valence-corrected chi connectivity index (χ1v) is 14.0. The molecule has 0 unspecified atom stereocenters. The molecule has 234 valence electrons. The number of nitrogens with one attached hydrogen (secondary N) is 1. The van der Waals surface area contributed by atoms with Crippen LogP contribution in [-0.4, -0.2) is 65.2 Å². The van der Waals surface area contributed by atoms with Gasteiger partial charge in [-0.3, -0.25) is 14.4 Å². The highest BCUT2D eigenvalue weighted by Crippen LogP contribution is 2.22. The smallest absolute Gasteiger partial charge is 0.274 e. The number of halogens is 2. The molecule has 2 heterocycles. The molecule has 1 aromatic heterocycles. The van der Waals surface area contributed by atoms with Gasteiger partial charge in [0, 0.05) is 50.8 Å². The maximum atomic E-state index is 14.1. The Bertz CT molecular complexity index is 1560. The molecule has 11 nitrogen and oxygen atoms in total. The van der Waals surface area contributed by atoms with Gasteiger partial charge in [-0.15, -0.1) is 0 Å². The lowest BCUT2D eigenvalue weighted by Crippen LogP contribution is -2.45. The second-order valence-corrected chi connectivity index (χ2v) is 10.1. The van der Waals surface area contributed by atoms with E-state index in [1.807, 2.05) is 6.07 Å². The zero-order chi connectivity index (χ0) is 31.6. The predicted molar refractivity (Wildman–Crippen MR) is 156 cm³/mol. The minimum absolute atomic E-state index is 0.0217. The van der Waals surface area contributed by atoms with Gasteiger partial charge in [-0.1, -0.05) is 41.6 Å². The molecule has 1 aliphatic heterocycles. The van der Waals surface area contributed by atoms with Crippen molar-refractivity contribution >= 4 is 17.7 Å². The van der Waals surface area contributed by atoms with Crippen LogP contribution in [0.3, 0.4) is 0 Å². The maximum Gasteiger partial charge on any atom is 0.274 e. The van der Waals surface area contributed by atoms with E-state index >= 15 is 0 Å². The van der Waals surface area contributed by atoms with Gasteiger partial charge in [-0.25, -0.2) is 8.78 Å². The van der Waals surface area contributed by atoms with Gasteiger partial charge in [0.15, 0.2) is 11.4 Å². The van der Waals surface area contributed by atoms with Crippen molar-refractivity contribution in [1.82, 2.24) is 14.8 Å². The Hall–Kier alpha value is -4.78. The van der Waals surface area contributed by atoms with Crippen LogP contribution in [0.2, 0.25) is 0 Å². The fraction of sp³-hybridized carbons (Fsp3) is 0.355. The number of rotatable bonds is 8. The number of aliphatic hydroxyl groups is 1. The number of hydrogen-bond acceptors (Lipinski definition) is 8. The molecule has 3 aromatic rings. The number of pyridine rings is 1. The summed E-state index contributed by atoms with van der Waals surface area (Å²) >= 11 is 0. The van der Waals surface area contributed by atoms with Gasteiger partial charge in [0.05, 0.1) is 19.8 Å². The third-order valence-electron chi connectivity index (χ3n) is 7.12. The molecular formula is C31H34F2N4O7. The number of nitrogens with zero attached hydrogens (tertiary/aromatic N) is 3. The molecule has 2 N–H and O–H groups in total. The molecule has 1 atom stereocenters. The van der Waals surface area contributed by atoms with E-state index in [2.05, 4.69) is 10.5 Å². The minimum Gasteiger partial charge on any atom is -0.483 e. The van der Waals surface area contributed by atoms with Gasteiger partial charge in [0.25, 0.3) is 11.8 Å². The van der Waals surface area contributed by atoms with E-state index in [0.29, 0.717) is 30.4 Å². The second kappa shape index (κ2) is 15.1. The number of ether oxygens (including phenoxy) is 2. The van der Waals surface area contributed by atoms with E-state index < -0.39 is 34.9 Å². The van der Waals surface area contributed by atoms with Crippen molar-refractivity contribution < 1.29 is 37.8 Å². The van der Waals surface area contributed by atoms with Gasteiger partial charge >= 0.3 is 0 Å². The highest BCUT2D eigenvalue weighted by molar-refractivity contribution is 5.99. The van der Waals surface area contributed by atoms with E-state index in [9.17, 15) is 28.3 Å². The fourth-order valence-corrected chi connectivity index (χ4v) is 4.74. The Labute approximate surface area is 252 Å². The summed E-state index contributed by atoms with van der Waals surface area (Å²) in [7, 11) is 2.96. The van der Waals surface area contributed by atoms with Crippen molar-refractivity contribution in [3.8, 4) is 5.75 Å². The summed E-state index contributed by atoms with van der Waals surface area (Å²) in [6.07, 6.45) is 2.24. The van der Waals surface area contributed by atoms with E-state index in [4.69, 9.17) is 14.3 Å². The van der Waals surface area contributed by atoms with Gasteiger partial charge in [-0.05, 0) is 18.1 Å². The van der Waals surface area contributed by atoms with E-state index in [0.717, 1.165) is 6.07 Å². The van der Waals surface area contributed by atoms with Crippen LogP contribution in [0.4, 0.5) is 8.78 Å². The monoisotopic (exact) mass is 612 g/mol. The van der Waals surface area contributed by atoms with Crippen LogP contribution < -0.4 is 15.5 Å². The number of oxime groups is 1. The van der Waals surface area contributed by atoms with Crippen molar-refractivity contribution in [2.75, 3.05) is 26.9 Å². The molecule has 0 radical (unpaired) electrons. The van der Waals surface area contributed by atoms with Crippen LogP contribution in [-0.2, 0) is 29.8 Å². The summed E-state index contributed by atoms with van der Waals surface area (Å²) in [6.45, 7) is -0.455. The number of carbonyl (C=O) groups is 2. The summed E-state index contributed by atoms with van der Waals surface area (Å²) in [5.41, 5.74) is -0.579. The first kappa shape index (κ1) is 32.1. The molecule has 13 heteroatoms. The van der Waals surface area contributed by atoms with Gasteiger partial charge in [-0.2, -0.15) is 0 Å². The van der Waals surface area contributed by atoms with Gasteiger partial charge < -0.3 is 34.2 Å². The standard InChI is InChI=1S/C31H34F2N4O7/c1-36-17-24(30(40)34-16-21-10-11-22(32)15-25(21)33)28(39)29(43-19-20-7-4-3-5-8-20)27(36)31(41)37-13-6-9-26(42-2)35-44-14-12-23(37)18-38/h3-5,7-8,10-11,15,17,23,38H,6,9,12-14,16,18-19H2,1-2H3,(H,34,40)/b35-26+/t23-/m1/s1. The van der Waals surface area contributed by atoms with Crippen LogP contribution >= 0.6 is 0 Å². The van der Waals surface area contributed by atoms with Crippen LogP contribution in [0.1, 0.15) is 51.2 Å². The maximum absolute atomic E-state index is 14.1. The van der Waals surface area contributed by atoms with Crippen molar-refractivity contribution in [3.63, 3.8) is 0 Å². The van der Waals surface area contributed by atoms with Crippen LogP contribution in [0.25, 0.3) is 0 Å². The van der Waals surface area contributed by atoms with Gasteiger partial charge in [0.2, 0.25) is 11.3 Å². The molecule has 4 rings (SSSR count). The summed E-state index contributed by atoms with van der Waals surface area (Å²) in [6, 6.07) is 11.2. The average molecular weight is 613 g/mol. The average Bonchev–Trinajstić information content (AvgIpc) is 3.02.